The molecule has 90 valence electrons. The lowest BCUT2D eigenvalue weighted by molar-refractivity contribution is -0.138. The van der Waals surface area contributed by atoms with E-state index in [1.54, 1.807) is 0 Å². The molecule has 2 nitrogen and oxygen atoms in total. The summed E-state index contributed by atoms with van der Waals surface area (Å²) < 4.78 is 61.7. The first-order chi connectivity index (χ1) is 7.29. The molecule has 0 aliphatic carbocycles. The van der Waals surface area contributed by atoms with Gasteiger partial charge in [-0.3, -0.25) is 4.98 Å². The van der Waals surface area contributed by atoms with Crippen LogP contribution in [-0.4, -0.2) is 10.1 Å². The smallest absolute Gasteiger partial charge is 0.418 e. The zero-order valence-corrected chi connectivity index (χ0v) is 9.11. The second-order valence-corrected chi connectivity index (χ2v) is 3.38. The molecular formula is C8H5BrF5NO. The fraction of sp³-hybridized carbons (Fsp3) is 0.375. The molecule has 0 aromatic carbocycles. The molecule has 0 aliphatic heterocycles. The van der Waals surface area contributed by atoms with Gasteiger partial charge in [0.25, 0.3) is 6.43 Å². The van der Waals surface area contributed by atoms with E-state index in [0.29, 0.717) is 0 Å². The van der Waals surface area contributed by atoms with Gasteiger partial charge in [-0.15, -0.1) is 0 Å². The molecule has 0 spiro atoms. The standard InChI is InChI=1S/C8H5BrF5NO/c9-1-3-4(8(12,13)14)2-15-5(6(3)16)7(10)11/h2,7,16H,1H2. The van der Waals surface area contributed by atoms with Crippen molar-refractivity contribution in [1.29, 1.82) is 0 Å². The van der Waals surface area contributed by atoms with E-state index < -0.39 is 40.5 Å². The van der Waals surface area contributed by atoms with Crippen molar-refractivity contribution in [2.75, 3.05) is 0 Å². The molecule has 0 amide bonds. The van der Waals surface area contributed by atoms with Gasteiger partial charge in [0, 0.05) is 17.1 Å². The van der Waals surface area contributed by atoms with E-state index in [1.807, 2.05) is 0 Å². The van der Waals surface area contributed by atoms with E-state index >= 15 is 0 Å². The van der Waals surface area contributed by atoms with E-state index in [-0.39, 0.29) is 6.20 Å². The lowest BCUT2D eigenvalue weighted by Gasteiger charge is -2.14. The Morgan fingerprint density at radius 1 is 1.38 bits per heavy atom. The lowest BCUT2D eigenvalue weighted by atomic mass is 10.1. The van der Waals surface area contributed by atoms with Crippen molar-refractivity contribution < 1.29 is 27.1 Å². The van der Waals surface area contributed by atoms with Crippen LogP contribution >= 0.6 is 15.9 Å². The van der Waals surface area contributed by atoms with Gasteiger partial charge in [-0.25, -0.2) is 8.78 Å². The Morgan fingerprint density at radius 2 is 1.94 bits per heavy atom. The molecule has 16 heavy (non-hydrogen) atoms. The summed E-state index contributed by atoms with van der Waals surface area (Å²) in [7, 11) is 0. The largest absolute Gasteiger partial charge is 0.505 e. The third-order valence-corrected chi connectivity index (χ3v) is 2.39. The zero-order chi connectivity index (χ0) is 12.5. The Bertz CT molecular complexity index is 393. The number of rotatable bonds is 2. The fourth-order valence-electron chi connectivity index (χ4n) is 1.09. The summed E-state index contributed by atoms with van der Waals surface area (Å²) in [5.74, 6) is -1.12. The molecule has 1 heterocycles. The summed E-state index contributed by atoms with van der Waals surface area (Å²) in [6, 6.07) is 0. The topological polar surface area (TPSA) is 33.1 Å². The average molecular weight is 306 g/mol. The molecule has 0 aliphatic rings. The molecule has 0 atom stereocenters. The predicted octanol–water partition coefficient (Wildman–Crippen LogP) is 3.64. The van der Waals surface area contributed by atoms with Crippen LogP contribution < -0.4 is 0 Å². The number of halogens is 6. The van der Waals surface area contributed by atoms with Gasteiger partial charge < -0.3 is 5.11 Å². The van der Waals surface area contributed by atoms with Crippen LogP contribution in [0.15, 0.2) is 6.20 Å². The van der Waals surface area contributed by atoms with Crippen LogP contribution in [0.3, 0.4) is 0 Å². The van der Waals surface area contributed by atoms with Crippen molar-refractivity contribution in [2.45, 2.75) is 17.9 Å². The molecule has 1 aromatic heterocycles. The molecule has 8 heteroatoms. The van der Waals surface area contributed by atoms with Crippen LogP contribution in [0.25, 0.3) is 0 Å². The molecule has 0 bridgehead atoms. The first kappa shape index (κ1) is 13.1. The van der Waals surface area contributed by atoms with Gasteiger partial charge in [0.1, 0.15) is 11.4 Å². The van der Waals surface area contributed by atoms with E-state index in [0.717, 1.165) is 0 Å². The average Bonchev–Trinajstić information content (AvgIpc) is 2.15. The van der Waals surface area contributed by atoms with Crippen LogP contribution in [0.2, 0.25) is 0 Å². The highest BCUT2D eigenvalue weighted by Gasteiger charge is 2.36. The van der Waals surface area contributed by atoms with Crippen molar-refractivity contribution in [1.82, 2.24) is 4.98 Å². The molecule has 0 radical (unpaired) electrons. The predicted molar refractivity (Wildman–Crippen MR) is 48.5 cm³/mol. The van der Waals surface area contributed by atoms with Gasteiger partial charge in [-0.1, -0.05) is 15.9 Å². The SMILES string of the molecule is Oc1c(C(F)F)ncc(C(F)(F)F)c1CBr. The Morgan fingerprint density at radius 3 is 2.31 bits per heavy atom. The monoisotopic (exact) mass is 305 g/mol. The van der Waals surface area contributed by atoms with Gasteiger partial charge >= 0.3 is 6.18 Å². The molecule has 0 saturated carbocycles. The van der Waals surface area contributed by atoms with Crippen molar-refractivity contribution in [2.24, 2.45) is 0 Å². The van der Waals surface area contributed by atoms with Gasteiger partial charge in [0.05, 0.1) is 5.56 Å². The van der Waals surface area contributed by atoms with Gasteiger partial charge in [-0.2, -0.15) is 13.2 Å². The minimum Gasteiger partial charge on any atom is -0.505 e. The van der Waals surface area contributed by atoms with Crippen LogP contribution in [0.4, 0.5) is 22.0 Å². The summed E-state index contributed by atoms with van der Waals surface area (Å²) in [5, 5.41) is 8.84. The van der Waals surface area contributed by atoms with Gasteiger partial charge in [-0.05, 0) is 0 Å². The number of nitrogens with zero attached hydrogens (tertiary/aromatic N) is 1. The fourth-order valence-corrected chi connectivity index (χ4v) is 1.66. The number of alkyl halides is 6. The highest BCUT2D eigenvalue weighted by atomic mass is 79.9. The number of hydrogen-bond acceptors (Lipinski definition) is 2. The van der Waals surface area contributed by atoms with Crippen molar-refractivity contribution >= 4 is 15.9 Å². The molecule has 0 unspecified atom stereocenters. The highest BCUT2D eigenvalue weighted by molar-refractivity contribution is 9.08. The summed E-state index contributed by atoms with van der Waals surface area (Å²) in [6.45, 7) is 0. The van der Waals surface area contributed by atoms with Gasteiger partial charge in [0.15, 0.2) is 0 Å². The summed E-state index contributed by atoms with van der Waals surface area (Å²) >= 11 is 2.70. The number of hydrogen-bond donors (Lipinski definition) is 1. The Hall–Kier alpha value is -0.920. The maximum atomic E-state index is 12.4. The quantitative estimate of drug-likeness (QED) is 0.668. The Kier molecular flexibility index (Phi) is 3.72. The highest BCUT2D eigenvalue weighted by Crippen LogP contribution is 2.39. The maximum Gasteiger partial charge on any atom is 0.418 e. The van der Waals surface area contributed by atoms with Crippen molar-refractivity contribution in [3.8, 4) is 5.75 Å². The maximum absolute atomic E-state index is 12.4. The van der Waals surface area contributed by atoms with Crippen molar-refractivity contribution in [3.63, 3.8) is 0 Å². The molecular weight excluding hydrogens is 301 g/mol. The second-order valence-electron chi connectivity index (χ2n) is 2.82. The molecule has 1 rings (SSSR count). The molecule has 1 aromatic rings. The third kappa shape index (κ3) is 2.42. The Labute approximate surface area is 95.2 Å². The van der Waals surface area contributed by atoms with Crippen LogP contribution in [0.1, 0.15) is 23.2 Å². The lowest BCUT2D eigenvalue weighted by Crippen LogP contribution is -2.11. The number of aromatic hydroxyl groups is 1. The zero-order valence-electron chi connectivity index (χ0n) is 7.52. The van der Waals surface area contributed by atoms with Crippen molar-refractivity contribution in [3.05, 3.63) is 23.0 Å². The van der Waals surface area contributed by atoms with Crippen LogP contribution in [0, 0.1) is 0 Å². The normalized spacial score (nSPS) is 12.2. The summed E-state index contributed by atoms with van der Waals surface area (Å²) in [6.07, 6.45) is -7.58. The van der Waals surface area contributed by atoms with Gasteiger partial charge in [0.2, 0.25) is 0 Å². The van der Waals surface area contributed by atoms with E-state index in [9.17, 15) is 27.1 Å². The van der Waals surface area contributed by atoms with E-state index in [1.165, 1.54) is 0 Å². The summed E-state index contributed by atoms with van der Waals surface area (Å²) in [5.41, 5.74) is -2.92. The molecule has 0 fully saturated rings. The first-order valence-electron chi connectivity index (χ1n) is 3.91. The third-order valence-electron chi connectivity index (χ3n) is 1.83. The molecule has 0 saturated heterocycles. The van der Waals surface area contributed by atoms with E-state index in [4.69, 9.17) is 0 Å². The minimum atomic E-state index is -4.74. The minimum absolute atomic E-state index is 0.289. The van der Waals surface area contributed by atoms with E-state index in [2.05, 4.69) is 20.9 Å². The first-order valence-corrected chi connectivity index (χ1v) is 5.03. The Balaban J connectivity index is 3.41. The number of pyridine rings is 1. The second kappa shape index (κ2) is 4.52. The number of aromatic nitrogens is 1. The van der Waals surface area contributed by atoms with Crippen LogP contribution in [0.5, 0.6) is 5.75 Å². The molecule has 1 N–H and O–H groups in total. The summed E-state index contributed by atoms with van der Waals surface area (Å²) in [4.78, 5) is 2.91. The van der Waals surface area contributed by atoms with Crippen LogP contribution in [-0.2, 0) is 11.5 Å².